The molecule has 0 atom stereocenters. The van der Waals surface area contributed by atoms with Gasteiger partial charge in [-0.05, 0) is 11.6 Å². The van der Waals surface area contributed by atoms with Crippen LogP contribution in [0, 0.1) is 0 Å². The Morgan fingerprint density at radius 1 is 0.923 bits per heavy atom. The number of aromatic nitrogens is 1. The molecule has 0 bridgehead atoms. The van der Waals surface area contributed by atoms with Crippen LogP contribution in [0.1, 0.15) is 0 Å². The van der Waals surface area contributed by atoms with Crippen molar-refractivity contribution in [2.45, 2.75) is 6.54 Å². The van der Waals surface area contributed by atoms with Crippen molar-refractivity contribution in [3.8, 4) is 11.1 Å². The van der Waals surface area contributed by atoms with Gasteiger partial charge < -0.3 is 22.6 Å². The zero-order valence-corrected chi connectivity index (χ0v) is 15.6. The van der Waals surface area contributed by atoms with Crippen LogP contribution in [0.25, 0.3) is 11.1 Å². The average molecular weight is 368 g/mol. The van der Waals surface area contributed by atoms with Crippen molar-refractivity contribution in [2.75, 3.05) is 24.3 Å². The van der Waals surface area contributed by atoms with Crippen LogP contribution in [0.3, 0.4) is 0 Å². The number of para-hydroxylation sites is 1. The maximum Gasteiger partial charge on any atom is 0.290 e. The number of nitrogens with one attached hydrogen (secondary N) is 1. The molecule has 0 saturated heterocycles. The Labute approximate surface area is 160 Å². The molecule has 0 spiro atoms. The third-order valence-electron chi connectivity index (χ3n) is 4.00. The maximum atomic E-state index is 12.4. The van der Waals surface area contributed by atoms with Gasteiger partial charge in [-0.25, -0.2) is 0 Å². The molecule has 3 rings (SSSR count). The predicted octanol–water partition coefficient (Wildman–Crippen LogP) is 0.350. The van der Waals surface area contributed by atoms with E-state index >= 15 is 0 Å². The van der Waals surface area contributed by atoms with Crippen LogP contribution in [0.5, 0.6) is 0 Å². The number of amides is 1. The number of hydrogen-bond acceptors (Lipinski definition) is 2. The molecule has 4 nitrogen and oxygen atoms in total. The molecule has 2 aromatic carbocycles. The summed E-state index contributed by atoms with van der Waals surface area (Å²) in [7, 11) is 3.99. The van der Waals surface area contributed by atoms with Crippen molar-refractivity contribution in [3.63, 3.8) is 0 Å². The van der Waals surface area contributed by atoms with Crippen LogP contribution >= 0.6 is 0 Å². The second-order valence-electron chi connectivity index (χ2n) is 6.08. The lowest BCUT2D eigenvalue weighted by Gasteiger charge is -2.11. The summed E-state index contributed by atoms with van der Waals surface area (Å²) in [6.07, 6.45) is 3.83. The molecule has 0 radical (unpaired) electrons. The lowest BCUT2D eigenvalue weighted by molar-refractivity contribution is -0.684. The first-order valence-corrected chi connectivity index (χ1v) is 8.24. The molecule has 0 fully saturated rings. The molecule has 0 saturated carbocycles. The number of benzene rings is 2. The summed E-state index contributed by atoms with van der Waals surface area (Å²) in [6.45, 7) is 0.275. The Morgan fingerprint density at radius 3 is 2.19 bits per heavy atom. The summed E-state index contributed by atoms with van der Waals surface area (Å²) < 4.78 is 1.87. The summed E-state index contributed by atoms with van der Waals surface area (Å²) in [5.41, 5.74) is 4.03. The van der Waals surface area contributed by atoms with E-state index in [0.29, 0.717) is 0 Å². The van der Waals surface area contributed by atoms with Crippen molar-refractivity contribution < 1.29 is 21.8 Å². The molecule has 5 heteroatoms. The summed E-state index contributed by atoms with van der Waals surface area (Å²) in [6, 6.07) is 21.9. The minimum absolute atomic E-state index is 0. The quantitative estimate of drug-likeness (QED) is 0.661. The molecule has 26 heavy (non-hydrogen) atoms. The van der Waals surface area contributed by atoms with E-state index in [-0.39, 0.29) is 24.9 Å². The number of carbonyl (C=O) groups is 1. The normalized spacial score (nSPS) is 9.92. The van der Waals surface area contributed by atoms with E-state index in [1.165, 1.54) is 0 Å². The molecular formula is C21H22ClN3O. The molecule has 0 aliphatic rings. The summed E-state index contributed by atoms with van der Waals surface area (Å²) >= 11 is 0. The van der Waals surface area contributed by atoms with Gasteiger partial charge in [-0.2, -0.15) is 4.57 Å². The topological polar surface area (TPSA) is 36.2 Å². The van der Waals surface area contributed by atoms with Crippen molar-refractivity contribution in [2.24, 2.45) is 0 Å². The first-order chi connectivity index (χ1) is 12.1. The third kappa shape index (κ3) is 4.83. The average Bonchev–Trinajstić information content (AvgIpc) is 2.63. The van der Waals surface area contributed by atoms with Gasteiger partial charge in [0.2, 0.25) is 6.54 Å². The molecule has 3 aromatic rings. The van der Waals surface area contributed by atoms with Crippen molar-refractivity contribution in [1.29, 1.82) is 0 Å². The number of pyridine rings is 1. The van der Waals surface area contributed by atoms with Crippen molar-refractivity contribution >= 4 is 17.3 Å². The SMILES string of the molecule is CN(C)c1cc[n+](CC(=O)Nc2ccccc2-c2ccccc2)cc1.[Cl-]. The van der Waals surface area contributed by atoms with Crippen molar-refractivity contribution in [3.05, 3.63) is 79.1 Å². The largest absolute Gasteiger partial charge is 1.00 e. The molecule has 1 amide bonds. The van der Waals surface area contributed by atoms with Crippen LogP contribution in [-0.2, 0) is 11.3 Å². The van der Waals surface area contributed by atoms with E-state index in [0.717, 1.165) is 22.5 Å². The highest BCUT2D eigenvalue weighted by atomic mass is 35.5. The van der Waals surface area contributed by atoms with Crippen LogP contribution in [0.4, 0.5) is 11.4 Å². The first kappa shape index (κ1) is 19.5. The van der Waals surface area contributed by atoms with Gasteiger partial charge in [0.05, 0.1) is 0 Å². The molecule has 1 N–H and O–H groups in total. The van der Waals surface area contributed by atoms with Gasteiger partial charge in [-0.15, -0.1) is 0 Å². The Morgan fingerprint density at radius 2 is 1.54 bits per heavy atom. The highest BCUT2D eigenvalue weighted by Crippen LogP contribution is 2.27. The maximum absolute atomic E-state index is 12.4. The molecule has 0 unspecified atom stereocenters. The fourth-order valence-electron chi connectivity index (χ4n) is 2.67. The smallest absolute Gasteiger partial charge is 0.290 e. The number of nitrogens with zero attached hydrogens (tertiary/aromatic N) is 2. The lowest BCUT2D eigenvalue weighted by Crippen LogP contribution is -3.00. The summed E-state index contributed by atoms with van der Waals surface area (Å²) in [5, 5.41) is 3.02. The Balaban J connectivity index is 0.00000243. The number of hydrogen-bond donors (Lipinski definition) is 1. The fraction of sp³-hybridized carbons (Fsp3) is 0.143. The molecule has 0 aliphatic carbocycles. The number of anilines is 2. The second-order valence-corrected chi connectivity index (χ2v) is 6.08. The number of carbonyl (C=O) groups excluding carboxylic acids is 1. The van der Waals surface area contributed by atoms with E-state index < -0.39 is 0 Å². The third-order valence-corrected chi connectivity index (χ3v) is 4.00. The minimum atomic E-state index is -0.0500. The monoisotopic (exact) mass is 367 g/mol. The zero-order valence-electron chi connectivity index (χ0n) is 14.9. The molecule has 1 aromatic heterocycles. The van der Waals surface area contributed by atoms with Crippen LogP contribution in [0.2, 0.25) is 0 Å². The first-order valence-electron chi connectivity index (χ1n) is 8.24. The Kier molecular flexibility index (Phi) is 6.75. The number of rotatable bonds is 5. The minimum Gasteiger partial charge on any atom is -1.00 e. The Hall–Kier alpha value is -2.85. The van der Waals surface area contributed by atoms with Gasteiger partial charge in [-0.1, -0.05) is 48.5 Å². The second kappa shape index (κ2) is 9.02. The fourth-order valence-corrected chi connectivity index (χ4v) is 2.67. The Bertz CT molecular complexity index is 849. The molecular weight excluding hydrogens is 346 g/mol. The highest BCUT2D eigenvalue weighted by Gasteiger charge is 2.12. The van der Waals surface area contributed by atoms with Gasteiger partial charge in [0, 0.05) is 43.2 Å². The van der Waals surface area contributed by atoms with Crippen LogP contribution in [0.15, 0.2) is 79.1 Å². The highest BCUT2D eigenvalue weighted by molar-refractivity contribution is 5.94. The lowest BCUT2D eigenvalue weighted by atomic mass is 10.0. The molecule has 1 heterocycles. The van der Waals surface area contributed by atoms with Gasteiger partial charge in [-0.3, -0.25) is 4.79 Å². The van der Waals surface area contributed by atoms with Crippen molar-refractivity contribution in [1.82, 2.24) is 0 Å². The van der Waals surface area contributed by atoms with Gasteiger partial charge in [0.15, 0.2) is 12.4 Å². The van der Waals surface area contributed by atoms with E-state index in [1.54, 1.807) is 0 Å². The zero-order chi connectivity index (χ0) is 17.6. The number of halogens is 1. The van der Waals surface area contributed by atoms with Crippen LogP contribution in [-0.4, -0.2) is 20.0 Å². The van der Waals surface area contributed by atoms with Gasteiger partial charge in [0.25, 0.3) is 5.91 Å². The van der Waals surface area contributed by atoms with E-state index in [9.17, 15) is 4.79 Å². The summed E-state index contributed by atoms with van der Waals surface area (Å²) in [4.78, 5) is 14.5. The summed E-state index contributed by atoms with van der Waals surface area (Å²) in [5.74, 6) is -0.0500. The van der Waals surface area contributed by atoms with Crippen LogP contribution < -0.4 is 27.2 Å². The molecule has 134 valence electrons. The standard InChI is InChI=1S/C21H21N3O.ClH/c1-23(2)18-12-14-24(15-13-18)16-21(25)22-20-11-7-6-10-19(20)17-8-4-3-5-9-17;/h3-15H,16H2,1-2H3;1H. The predicted molar refractivity (Wildman–Crippen MR) is 101 cm³/mol. The van der Waals surface area contributed by atoms with E-state index in [4.69, 9.17) is 0 Å². The van der Waals surface area contributed by atoms with Gasteiger partial charge >= 0.3 is 0 Å². The van der Waals surface area contributed by atoms with E-state index in [2.05, 4.69) is 5.32 Å². The van der Waals surface area contributed by atoms with Gasteiger partial charge in [0.1, 0.15) is 0 Å². The van der Waals surface area contributed by atoms with E-state index in [1.807, 2.05) is 103 Å². The molecule has 0 aliphatic heterocycles.